The molecule has 8 nitrogen and oxygen atoms in total. The van der Waals surface area contributed by atoms with Crippen molar-refractivity contribution in [2.75, 3.05) is 33.7 Å². The molecule has 0 spiro atoms. The summed E-state index contributed by atoms with van der Waals surface area (Å²) in [5, 5.41) is 6.75. The molecule has 1 amide bonds. The third-order valence-corrected chi connectivity index (χ3v) is 6.83. The number of amides is 1. The summed E-state index contributed by atoms with van der Waals surface area (Å²) in [7, 11) is 6.33. The molecule has 3 aromatic carbocycles. The van der Waals surface area contributed by atoms with Gasteiger partial charge in [-0.2, -0.15) is 0 Å². The number of alkyl carbamates (subject to hydrolysis) is 1. The smallest absolute Gasteiger partial charge is 0.407 e. The number of anilines is 1. The van der Waals surface area contributed by atoms with E-state index in [9.17, 15) is 9.59 Å². The lowest BCUT2D eigenvalue weighted by Crippen LogP contribution is -2.29. The van der Waals surface area contributed by atoms with E-state index in [0.29, 0.717) is 56.9 Å². The van der Waals surface area contributed by atoms with Crippen LogP contribution in [-0.2, 0) is 17.8 Å². The Kier molecular flexibility index (Phi) is 8.54. The SMILES string of the molecule is CNc1ccc2c(cc1=O)[C@@H](NC(=O)OCc1cc(Cl)cc(Cl)c1)CCc1cc(OC)c(OC)c(OC)c1-2. The van der Waals surface area contributed by atoms with Crippen molar-refractivity contribution in [2.24, 2.45) is 0 Å². The normalized spacial score (nSPS) is 13.9. The maximum absolute atomic E-state index is 13.0. The van der Waals surface area contributed by atoms with Crippen LogP contribution in [0.25, 0.3) is 11.1 Å². The second-order valence-electron chi connectivity index (χ2n) is 8.64. The number of carbonyl (C=O) groups is 1. The van der Waals surface area contributed by atoms with Gasteiger partial charge in [-0.25, -0.2) is 4.79 Å². The van der Waals surface area contributed by atoms with Crippen LogP contribution in [0.4, 0.5) is 10.5 Å². The molecule has 0 bridgehead atoms. The fourth-order valence-electron chi connectivity index (χ4n) is 4.70. The van der Waals surface area contributed by atoms with Crippen molar-refractivity contribution in [3.63, 3.8) is 0 Å². The number of nitrogens with one attached hydrogen (secondary N) is 2. The van der Waals surface area contributed by atoms with Gasteiger partial charge in [0.2, 0.25) is 11.2 Å². The number of benzene rings is 2. The third kappa shape index (κ3) is 5.61. The van der Waals surface area contributed by atoms with Gasteiger partial charge in [-0.1, -0.05) is 29.3 Å². The van der Waals surface area contributed by atoms with Gasteiger partial charge in [0.25, 0.3) is 0 Å². The molecule has 2 N–H and O–H groups in total. The topological polar surface area (TPSA) is 95.1 Å². The molecule has 0 heterocycles. The van der Waals surface area contributed by atoms with E-state index in [1.54, 1.807) is 45.5 Å². The summed E-state index contributed by atoms with van der Waals surface area (Å²) < 4.78 is 22.4. The predicted octanol–water partition coefficient (Wildman–Crippen LogP) is 6.00. The summed E-state index contributed by atoms with van der Waals surface area (Å²) in [4.78, 5) is 25.9. The maximum Gasteiger partial charge on any atom is 0.407 e. The van der Waals surface area contributed by atoms with Crippen LogP contribution in [-0.4, -0.2) is 34.5 Å². The predicted molar refractivity (Wildman–Crippen MR) is 148 cm³/mol. The molecular formula is C28H28Cl2N2O6. The van der Waals surface area contributed by atoms with Gasteiger partial charge in [0.15, 0.2) is 11.5 Å². The summed E-state index contributed by atoms with van der Waals surface area (Å²) in [6.45, 7) is -0.0204. The fourth-order valence-corrected chi connectivity index (χ4v) is 5.27. The van der Waals surface area contributed by atoms with Crippen LogP contribution < -0.4 is 30.3 Å². The first-order valence-electron chi connectivity index (χ1n) is 11.9. The minimum atomic E-state index is -0.641. The molecule has 0 saturated heterocycles. The Bertz CT molecular complexity index is 1410. The van der Waals surface area contributed by atoms with Crippen molar-refractivity contribution in [2.45, 2.75) is 25.5 Å². The zero-order chi connectivity index (χ0) is 27.4. The summed E-state index contributed by atoms with van der Waals surface area (Å²) in [6, 6.07) is 11.4. The fraction of sp³-hybridized carbons (Fsp3) is 0.286. The van der Waals surface area contributed by atoms with E-state index in [4.69, 9.17) is 42.1 Å². The van der Waals surface area contributed by atoms with E-state index in [0.717, 1.165) is 16.7 Å². The number of methoxy groups -OCH3 is 3. The average molecular weight is 559 g/mol. The average Bonchev–Trinajstić information content (AvgIpc) is 3.14. The number of halogens is 2. The van der Waals surface area contributed by atoms with Gasteiger partial charge in [0.1, 0.15) is 6.61 Å². The van der Waals surface area contributed by atoms with Gasteiger partial charge in [0, 0.05) is 22.7 Å². The van der Waals surface area contributed by atoms with E-state index < -0.39 is 12.1 Å². The molecule has 38 heavy (non-hydrogen) atoms. The second-order valence-corrected chi connectivity index (χ2v) is 9.52. The Hall–Kier alpha value is -3.62. The van der Waals surface area contributed by atoms with Gasteiger partial charge in [-0.15, -0.1) is 0 Å². The lowest BCUT2D eigenvalue weighted by molar-refractivity contribution is 0.135. The van der Waals surface area contributed by atoms with Gasteiger partial charge in [-0.3, -0.25) is 4.79 Å². The summed E-state index contributed by atoms with van der Waals surface area (Å²) in [5.74, 6) is 1.44. The summed E-state index contributed by atoms with van der Waals surface area (Å²) >= 11 is 12.1. The molecule has 1 aliphatic carbocycles. The molecule has 0 unspecified atom stereocenters. The van der Waals surface area contributed by atoms with Crippen LogP contribution in [0.1, 0.15) is 29.2 Å². The van der Waals surface area contributed by atoms with E-state index in [1.807, 2.05) is 12.1 Å². The summed E-state index contributed by atoms with van der Waals surface area (Å²) in [5.41, 5.74) is 3.90. The molecule has 0 saturated carbocycles. The molecule has 4 rings (SSSR count). The van der Waals surface area contributed by atoms with E-state index in [-0.39, 0.29) is 12.0 Å². The number of carbonyl (C=O) groups excluding carboxylic acids is 1. The van der Waals surface area contributed by atoms with Crippen LogP contribution in [0.2, 0.25) is 10.0 Å². The number of hydrogen-bond donors (Lipinski definition) is 2. The highest BCUT2D eigenvalue weighted by atomic mass is 35.5. The first-order chi connectivity index (χ1) is 18.3. The highest BCUT2D eigenvalue weighted by molar-refractivity contribution is 6.34. The minimum absolute atomic E-state index is 0.0204. The Morgan fingerprint density at radius 2 is 1.68 bits per heavy atom. The molecule has 0 radical (unpaired) electrons. The van der Waals surface area contributed by atoms with Crippen LogP contribution in [0.5, 0.6) is 17.2 Å². The van der Waals surface area contributed by atoms with Crippen molar-refractivity contribution in [3.05, 3.63) is 79.4 Å². The molecular weight excluding hydrogens is 531 g/mol. The van der Waals surface area contributed by atoms with Crippen LogP contribution in [0.15, 0.2) is 47.3 Å². The van der Waals surface area contributed by atoms with Crippen molar-refractivity contribution < 1.29 is 23.7 Å². The van der Waals surface area contributed by atoms with E-state index >= 15 is 0 Å². The number of aryl methyl sites for hydroxylation is 1. The molecule has 0 fully saturated rings. The molecule has 1 atom stereocenters. The standard InChI is InChI=1S/C28H28Cl2N2O6/c1-31-22-8-6-19-20(13-23(22)33)21(32-28(34)38-14-15-9-17(29)12-18(30)10-15)7-5-16-11-24(35-2)26(36-3)27(37-4)25(16)19/h6,8-13,21H,5,7,14H2,1-4H3,(H,31,33)(H,32,34)/t21-/m0/s1. The summed E-state index contributed by atoms with van der Waals surface area (Å²) in [6.07, 6.45) is 0.416. The largest absolute Gasteiger partial charge is 0.493 e. The minimum Gasteiger partial charge on any atom is -0.493 e. The monoisotopic (exact) mass is 558 g/mol. The van der Waals surface area contributed by atoms with Crippen molar-refractivity contribution in [1.29, 1.82) is 0 Å². The Balaban J connectivity index is 1.76. The van der Waals surface area contributed by atoms with Gasteiger partial charge < -0.3 is 29.6 Å². The van der Waals surface area contributed by atoms with Crippen LogP contribution in [0.3, 0.4) is 0 Å². The number of rotatable bonds is 7. The quantitative estimate of drug-likeness (QED) is 0.367. The number of fused-ring (bicyclic) bond motifs is 3. The second kappa shape index (κ2) is 11.8. The Morgan fingerprint density at radius 1 is 0.974 bits per heavy atom. The van der Waals surface area contributed by atoms with E-state index in [1.165, 1.54) is 13.2 Å². The Morgan fingerprint density at radius 3 is 2.32 bits per heavy atom. The molecule has 10 heteroatoms. The van der Waals surface area contributed by atoms with Crippen molar-refractivity contribution in [1.82, 2.24) is 5.32 Å². The van der Waals surface area contributed by atoms with Gasteiger partial charge in [0.05, 0.1) is 33.1 Å². The first-order valence-corrected chi connectivity index (χ1v) is 12.6. The number of ether oxygens (including phenoxy) is 4. The molecule has 0 aliphatic heterocycles. The zero-order valence-corrected chi connectivity index (χ0v) is 23.0. The lowest BCUT2D eigenvalue weighted by atomic mass is 9.95. The van der Waals surface area contributed by atoms with E-state index in [2.05, 4.69) is 10.6 Å². The highest BCUT2D eigenvalue weighted by Crippen LogP contribution is 2.50. The highest BCUT2D eigenvalue weighted by Gasteiger charge is 2.30. The molecule has 1 aliphatic rings. The van der Waals surface area contributed by atoms with Gasteiger partial charge in [-0.05, 0) is 71.5 Å². The van der Waals surface area contributed by atoms with Crippen LogP contribution >= 0.6 is 23.2 Å². The zero-order valence-electron chi connectivity index (χ0n) is 21.4. The maximum atomic E-state index is 13.0. The van der Waals surface area contributed by atoms with Crippen LogP contribution in [0, 0.1) is 0 Å². The number of hydrogen-bond acceptors (Lipinski definition) is 7. The molecule has 0 aromatic heterocycles. The van der Waals surface area contributed by atoms with Crippen molar-refractivity contribution >= 4 is 35.0 Å². The Labute approximate surface area is 230 Å². The van der Waals surface area contributed by atoms with Crippen molar-refractivity contribution in [3.8, 4) is 28.4 Å². The lowest BCUT2D eigenvalue weighted by Gasteiger charge is -2.20. The first kappa shape index (κ1) is 27.4. The molecule has 3 aromatic rings. The van der Waals surface area contributed by atoms with Gasteiger partial charge >= 0.3 is 6.09 Å². The molecule has 200 valence electrons. The third-order valence-electron chi connectivity index (χ3n) is 6.39.